The van der Waals surface area contributed by atoms with E-state index in [1.165, 1.54) is 0 Å². The van der Waals surface area contributed by atoms with Crippen LogP contribution in [-0.4, -0.2) is 33.9 Å². The number of nitrogens with zero attached hydrogens (tertiary/aromatic N) is 3. The first kappa shape index (κ1) is 20.1. The van der Waals surface area contributed by atoms with E-state index in [1.807, 2.05) is 13.0 Å². The van der Waals surface area contributed by atoms with Crippen molar-refractivity contribution >= 4 is 34.2 Å². The topological polar surface area (TPSA) is 98.1 Å². The Labute approximate surface area is 178 Å². The maximum absolute atomic E-state index is 12.6. The highest BCUT2D eigenvalue weighted by atomic mass is 16.5. The molecule has 1 aromatic heterocycles. The van der Waals surface area contributed by atoms with E-state index in [0.717, 1.165) is 5.52 Å². The molecule has 0 fully saturated rings. The number of aromatic nitrogens is 3. The molecule has 0 saturated carbocycles. The van der Waals surface area contributed by atoms with Crippen molar-refractivity contribution in [3.63, 3.8) is 0 Å². The molecule has 2 N–H and O–H groups in total. The van der Waals surface area contributed by atoms with Crippen molar-refractivity contribution in [1.29, 1.82) is 0 Å². The minimum absolute atomic E-state index is 0.243. The smallest absolute Gasteiger partial charge is 0.255 e. The molecule has 0 atom stereocenters. The van der Waals surface area contributed by atoms with Crippen LogP contribution in [0.25, 0.3) is 11.0 Å². The van der Waals surface area contributed by atoms with Gasteiger partial charge in [0.05, 0.1) is 12.6 Å². The van der Waals surface area contributed by atoms with Crippen LogP contribution in [0.3, 0.4) is 0 Å². The van der Waals surface area contributed by atoms with Gasteiger partial charge in [-0.15, -0.1) is 5.10 Å². The lowest BCUT2D eigenvalue weighted by molar-refractivity contribution is 0.102. The summed E-state index contributed by atoms with van der Waals surface area (Å²) in [6, 6.07) is 19.0. The monoisotopic (exact) mass is 415 g/mol. The molecule has 0 radical (unpaired) electrons. The van der Waals surface area contributed by atoms with Gasteiger partial charge in [-0.2, -0.15) is 0 Å². The van der Waals surface area contributed by atoms with Crippen LogP contribution in [0.15, 0.2) is 66.7 Å². The van der Waals surface area contributed by atoms with Gasteiger partial charge in [0.2, 0.25) is 0 Å². The zero-order valence-corrected chi connectivity index (χ0v) is 17.1. The molecular formula is C23H21N5O3. The van der Waals surface area contributed by atoms with Gasteiger partial charge in [0.15, 0.2) is 0 Å². The summed E-state index contributed by atoms with van der Waals surface area (Å²) in [7, 11) is 1.59. The van der Waals surface area contributed by atoms with Crippen LogP contribution >= 0.6 is 0 Å². The molecular weight excluding hydrogens is 394 g/mol. The molecule has 0 saturated heterocycles. The Morgan fingerprint density at radius 1 is 0.871 bits per heavy atom. The Bertz CT molecular complexity index is 1230. The van der Waals surface area contributed by atoms with Gasteiger partial charge in [-0.25, -0.2) is 4.68 Å². The number of nitrogens with one attached hydrogen (secondary N) is 2. The molecule has 156 valence electrons. The van der Waals surface area contributed by atoms with E-state index in [1.54, 1.807) is 72.5 Å². The van der Waals surface area contributed by atoms with Crippen molar-refractivity contribution in [1.82, 2.24) is 15.0 Å². The first-order valence-electron chi connectivity index (χ1n) is 9.77. The van der Waals surface area contributed by atoms with Crippen LogP contribution in [0.1, 0.15) is 27.6 Å². The van der Waals surface area contributed by atoms with E-state index in [-0.39, 0.29) is 11.8 Å². The largest absolute Gasteiger partial charge is 0.497 e. The summed E-state index contributed by atoms with van der Waals surface area (Å²) in [4.78, 5) is 25.0. The molecule has 0 unspecified atom stereocenters. The van der Waals surface area contributed by atoms with Crippen molar-refractivity contribution in [2.24, 2.45) is 0 Å². The second-order valence-electron chi connectivity index (χ2n) is 6.82. The molecule has 0 aliphatic rings. The van der Waals surface area contributed by atoms with Gasteiger partial charge in [0.1, 0.15) is 11.3 Å². The molecule has 0 aliphatic carbocycles. The van der Waals surface area contributed by atoms with E-state index in [0.29, 0.717) is 40.3 Å². The lowest BCUT2D eigenvalue weighted by Crippen LogP contribution is -2.13. The minimum atomic E-state index is -0.261. The number of carbonyl (C=O) groups is 2. The Morgan fingerprint density at radius 3 is 2.06 bits per heavy atom. The number of hydrogen-bond acceptors (Lipinski definition) is 5. The number of aryl methyl sites for hydroxylation is 1. The summed E-state index contributed by atoms with van der Waals surface area (Å²) in [5, 5.41) is 13.8. The van der Waals surface area contributed by atoms with E-state index in [2.05, 4.69) is 20.9 Å². The molecule has 0 aliphatic heterocycles. The highest BCUT2D eigenvalue weighted by Crippen LogP contribution is 2.18. The lowest BCUT2D eigenvalue weighted by atomic mass is 10.1. The van der Waals surface area contributed by atoms with Crippen LogP contribution in [0, 0.1) is 0 Å². The normalized spacial score (nSPS) is 10.6. The van der Waals surface area contributed by atoms with E-state index >= 15 is 0 Å². The number of rotatable bonds is 6. The third-order valence-electron chi connectivity index (χ3n) is 4.83. The molecule has 8 heteroatoms. The molecule has 4 aromatic rings. The number of methoxy groups -OCH3 is 1. The van der Waals surface area contributed by atoms with E-state index in [4.69, 9.17) is 4.74 Å². The summed E-state index contributed by atoms with van der Waals surface area (Å²) < 4.78 is 6.88. The van der Waals surface area contributed by atoms with Crippen LogP contribution in [0.2, 0.25) is 0 Å². The molecule has 0 spiro atoms. The number of anilines is 2. The standard InChI is InChI=1S/C23H21N5O3/c1-3-28-21-13-6-16(14-20(21)26-27-28)23(30)25-17-7-4-15(5-8-17)22(29)24-18-9-11-19(31-2)12-10-18/h4-14H,3H2,1-2H3,(H,24,29)(H,25,30). The van der Waals surface area contributed by atoms with Gasteiger partial charge in [-0.3, -0.25) is 9.59 Å². The summed E-state index contributed by atoms with van der Waals surface area (Å²) in [6.45, 7) is 2.69. The van der Waals surface area contributed by atoms with Crippen molar-refractivity contribution < 1.29 is 14.3 Å². The Balaban J connectivity index is 1.41. The maximum atomic E-state index is 12.6. The number of benzene rings is 3. The highest BCUT2D eigenvalue weighted by molar-refractivity contribution is 6.07. The molecule has 8 nitrogen and oxygen atoms in total. The van der Waals surface area contributed by atoms with Crippen LogP contribution in [0.4, 0.5) is 11.4 Å². The van der Waals surface area contributed by atoms with Crippen LogP contribution in [0.5, 0.6) is 5.75 Å². The Morgan fingerprint density at radius 2 is 1.45 bits per heavy atom. The van der Waals surface area contributed by atoms with Crippen LogP contribution < -0.4 is 15.4 Å². The fourth-order valence-corrected chi connectivity index (χ4v) is 3.13. The molecule has 4 rings (SSSR count). The van der Waals surface area contributed by atoms with Gasteiger partial charge in [0, 0.05) is 29.0 Å². The zero-order valence-electron chi connectivity index (χ0n) is 17.1. The Kier molecular flexibility index (Phi) is 5.61. The fourth-order valence-electron chi connectivity index (χ4n) is 3.13. The number of ether oxygens (including phenoxy) is 1. The Hall–Kier alpha value is -4.20. The van der Waals surface area contributed by atoms with Gasteiger partial charge >= 0.3 is 0 Å². The first-order valence-corrected chi connectivity index (χ1v) is 9.77. The summed E-state index contributed by atoms with van der Waals surface area (Å²) in [6.07, 6.45) is 0. The van der Waals surface area contributed by atoms with Gasteiger partial charge in [0.25, 0.3) is 11.8 Å². The SMILES string of the molecule is CCn1nnc2cc(C(=O)Nc3ccc(C(=O)Nc4ccc(OC)cc4)cc3)ccc21. The van der Waals surface area contributed by atoms with Crippen molar-refractivity contribution in [2.45, 2.75) is 13.5 Å². The van der Waals surface area contributed by atoms with Crippen molar-refractivity contribution in [2.75, 3.05) is 17.7 Å². The highest BCUT2D eigenvalue weighted by Gasteiger charge is 2.11. The van der Waals surface area contributed by atoms with Gasteiger partial charge in [-0.1, -0.05) is 5.21 Å². The van der Waals surface area contributed by atoms with E-state index in [9.17, 15) is 9.59 Å². The number of fused-ring (bicyclic) bond motifs is 1. The number of hydrogen-bond donors (Lipinski definition) is 2. The molecule has 2 amide bonds. The zero-order chi connectivity index (χ0) is 21.8. The maximum Gasteiger partial charge on any atom is 0.255 e. The third kappa shape index (κ3) is 4.37. The molecule has 3 aromatic carbocycles. The van der Waals surface area contributed by atoms with Crippen molar-refractivity contribution in [3.8, 4) is 5.75 Å². The second kappa shape index (κ2) is 8.66. The summed E-state index contributed by atoms with van der Waals surface area (Å²) >= 11 is 0. The third-order valence-corrected chi connectivity index (χ3v) is 4.83. The van der Waals surface area contributed by atoms with Gasteiger partial charge in [-0.05, 0) is 73.7 Å². The van der Waals surface area contributed by atoms with Gasteiger partial charge < -0.3 is 15.4 Å². The average molecular weight is 415 g/mol. The minimum Gasteiger partial charge on any atom is -0.497 e. The summed E-state index contributed by atoms with van der Waals surface area (Å²) in [5.74, 6) is 0.211. The fraction of sp³-hybridized carbons (Fsp3) is 0.130. The second-order valence-corrected chi connectivity index (χ2v) is 6.82. The predicted octanol–water partition coefficient (Wildman–Crippen LogP) is 3.96. The number of amides is 2. The molecule has 0 bridgehead atoms. The average Bonchev–Trinajstić information content (AvgIpc) is 3.22. The van der Waals surface area contributed by atoms with Crippen LogP contribution in [-0.2, 0) is 6.54 Å². The van der Waals surface area contributed by atoms with E-state index < -0.39 is 0 Å². The molecule has 1 heterocycles. The summed E-state index contributed by atoms with van der Waals surface area (Å²) in [5.41, 5.74) is 3.76. The number of carbonyl (C=O) groups excluding carboxylic acids is 2. The molecule has 31 heavy (non-hydrogen) atoms. The quantitative estimate of drug-likeness (QED) is 0.497. The lowest BCUT2D eigenvalue weighted by Gasteiger charge is -2.08. The predicted molar refractivity (Wildman–Crippen MR) is 119 cm³/mol. The first-order chi connectivity index (χ1) is 15.1. The van der Waals surface area contributed by atoms with Crippen molar-refractivity contribution in [3.05, 3.63) is 77.9 Å².